The highest BCUT2D eigenvalue weighted by Gasteiger charge is 2.17. The Bertz CT molecular complexity index is 658. The quantitative estimate of drug-likeness (QED) is 0.887. The summed E-state index contributed by atoms with van der Waals surface area (Å²) < 4.78 is 26.0. The second kappa shape index (κ2) is 5.58. The van der Waals surface area contributed by atoms with Gasteiger partial charge in [-0.15, -0.1) is 22.7 Å². The molecule has 0 radical (unpaired) electrons. The van der Waals surface area contributed by atoms with Crippen LogP contribution in [-0.4, -0.2) is 18.7 Å². The van der Waals surface area contributed by atoms with Crippen molar-refractivity contribution in [2.45, 2.75) is 25.6 Å². The first kappa shape index (κ1) is 14.4. The molecule has 0 aliphatic heterocycles. The lowest BCUT2D eigenvalue weighted by Gasteiger charge is -2.07. The summed E-state index contributed by atoms with van der Waals surface area (Å²) in [5, 5.41) is 1.75. The summed E-state index contributed by atoms with van der Waals surface area (Å²) in [6.07, 6.45) is 0. The second-order valence-electron chi connectivity index (χ2n) is 4.20. The molecule has 2 heterocycles. The van der Waals surface area contributed by atoms with Crippen LogP contribution in [0, 0.1) is 0 Å². The standard InChI is InChI=1S/C11H15N3O2S3/c1-7(2)19(15,16)14-11-13-9(6-17-11)10-4-3-8(5-12)18-10/h3-4,6-7H,5,12H2,1-2H3,(H,13,14). The minimum absolute atomic E-state index is 0.395. The molecule has 104 valence electrons. The molecule has 0 saturated carbocycles. The molecule has 5 nitrogen and oxygen atoms in total. The first-order valence-electron chi connectivity index (χ1n) is 5.68. The van der Waals surface area contributed by atoms with E-state index in [1.165, 1.54) is 11.3 Å². The van der Waals surface area contributed by atoms with Gasteiger partial charge in [-0.25, -0.2) is 13.4 Å². The summed E-state index contributed by atoms with van der Waals surface area (Å²) in [6, 6.07) is 3.90. The largest absolute Gasteiger partial charge is 0.326 e. The van der Waals surface area contributed by atoms with Gasteiger partial charge in [0.1, 0.15) is 0 Å². The minimum atomic E-state index is -3.34. The molecular formula is C11H15N3O2S3. The number of nitrogens with zero attached hydrogens (tertiary/aromatic N) is 1. The van der Waals surface area contributed by atoms with Crippen molar-refractivity contribution < 1.29 is 8.42 Å². The van der Waals surface area contributed by atoms with E-state index in [9.17, 15) is 8.42 Å². The van der Waals surface area contributed by atoms with Crippen molar-refractivity contribution in [1.29, 1.82) is 0 Å². The Hall–Kier alpha value is -0.960. The van der Waals surface area contributed by atoms with Gasteiger partial charge in [0, 0.05) is 16.8 Å². The van der Waals surface area contributed by atoms with E-state index in [2.05, 4.69) is 9.71 Å². The lowest BCUT2D eigenvalue weighted by atomic mass is 10.4. The lowest BCUT2D eigenvalue weighted by Crippen LogP contribution is -2.22. The van der Waals surface area contributed by atoms with Gasteiger partial charge in [-0.05, 0) is 26.0 Å². The van der Waals surface area contributed by atoms with Gasteiger partial charge in [0.25, 0.3) is 0 Å². The van der Waals surface area contributed by atoms with E-state index in [4.69, 9.17) is 5.73 Å². The van der Waals surface area contributed by atoms with Crippen LogP contribution in [0.2, 0.25) is 0 Å². The van der Waals surface area contributed by atoms with Crippen LogP contribution < -0.4 is 10.5 Å². The number of thiophene rings is 1. The van der Waals surface area contributed by atoms with Crippen LogP contribution in [0.5, 0.6) is 0 Å². The number of anilines is 1. The maximum Gasteiger partial charge on any atom is 0.236 e. The highest BCUT2D eigenvalue weighted by molar-refractivity contribution is 7.93. The van der Waals surface area contributed by atoms with Gasteiger partial charge < -0.3 is 5.73 Å². The zero-order valence-corrected chi connectivity index (χ0v) is 13.0. The van der Waals surface area contributed by atoms with E-state index in [-0.39, 0.29) is 0 Å². The zero-order valence-electron chi connectivity index (χ0n) is 10.6. The molecule has 0 saturated heterocycles. The fraction of sp³-hybridized carbons (Fsp3) is 0.364. The molecule has 0 aromatic carbocycles. The SMILES string of the molecule is CC(C)S(=O)(=O)Nc1nc(-c2ccc(CN)s2)cs1. The first-order valence-corrected chi connectivity index (χ1v) is 8.93. The van der Waals surface area contributed by atoms with Crippen LogP contribution in [-0.2, 0) is 16.6 Å². The molecule has 0 amide bonds. The summed E-state index contributed by atoms with van der Waals surface area (Å²) >= 11 is 2.85. The Labute approximate surface area is 120 Å². The predicted octanol–water partition coefficient (Wildman–Crippen LogP) is 2.48. The van der Waals surface area contributed by atoms with Crippen molar-refractivity contribution in [2.75, 3.05) is 4.72 Å². The monoisotopic (exact) mass is 317 g/mol. The number of hydrogen-bond donors (Lipinski definition) is 2. The fourth-order valence-corrected chi connectivity index (χ4v) is 3.84. The highest BCUT2D eigenvalue weighted by atomic mass is 32.2. The Kier molecular flexibility index (Phi) is 4.24. The van der Waals surface area contributed by atoms with Crippen LogP contribution in [0.1, 0.15) is 18.7 Å². The number of nitrogens with one attached hydrogen (secondary N) is 1. The molecule has 8 heteroatoms. The molecule has 0 fully saturated rings. The molecule has 2 aromatic rings. The van der Waals surface area contributed by atoms with Crippen molar-refractivity contribution in [3.63, 3.8) is 0 Å². The highest BCUT2D eigenvalue weighted by Crippen LogP contribution is 2.31. The fourth-order valence-electron chi connectivity index (χ4n) is 1.30. The predicted molar refractivity (Wildman–Crippen MR) is 81.0 cm³/mol. The van der Waals surface area contributed by atoms with E-state index < -0.39 is 15.3 Å². The molecule has 0 aliphatic carbocycles. The zero-order chi connectivity index (χ0) is 14.0. The molecule has 0 atom stereocenters. The Morgan fingerprint density at radius 1 is 1.42 bits per heavy atom. The van der Waals surface area contributed by atoms with E-state index in [0.29, 0.717) is 11.7 Å². The maximum absolute atomic E-state index is 11.7. The molecule has 0 bridgehead atoms. The van der Waals surface area contributed by atoms with Gasteiger partial charge in [-0.1, -0.05) is 0 Å². The summed E-state index contributed by atoms with van der Waals surface area (Å²) in [6.45, 7) is 3.76. The summed E-state index contributed by atoms with van der Waals surface area (Å²) in [5.74, 6) is 0. The molecular weight excluding hydrogens is 302 g/mol. The number of hydrogen-bond acceptors (Lipinski definition) is 6. The van der Waals surface area contributed by atoms with Crippen LogP contribution in [0.3, 0.4) is 0 Å². The number of thiazole rings is 1. The molecule has 3 N–H and O–H groups in total. The van der Waals surface area contributed by atoms with Crippen LogP contribution in [0.25, 0.3) is 10.6 Å². The van der Waals surface area contributed by atoms with Gasteiger partial charge in [-0.2, -0.15) is 0 Å². The summed E-state index contributed by atoms with van der Waals surface area (Å²) in [5.41, 5.74) is 6.34. The first-order chi connectivity index (χ1) is 8.92. The van der Waals surface area contributed by atoms with Gasteiger partial charge in [-0.3, -0.25) is 4.72 Å². The van der Waals surface area contributed by atoms with Gasteiger partial charge in [0.15, 0.2) is 5.13 Å². The minimum Gasteiger partial charge on any atom is -0.326 e. The Balaban J connectivity index is 2.20. The molecule has 0 unspecified atom stereocenters. The Morgan fingerprint density at radius 3 is 2.74 bits per heavy atom. The average Bonchev–Trinajstić information content (AvgIpc) is 2.96. The smallest absolute Gasteiger partial charge is 0.236 e. The third-order valence-corrected chi connectivity index (χ3v) is 6.21. The van der Waals surface area contributed by atoms with Gasteiger partial charge >= 0.3 is 0 Å². The van der Waals surface area contributed by atoms with Crippen molar-refractivity contribution in [1.82, 2.24) is 4.98 Å². The second-order valence-corrected chi connectivity index (χ2v) is 8.47. The molecule has 2 aromatic heterocycles. The van der Waals surface area contributed by atoms with E-state index in [1.54, 1.807) is 25.2 Å². The molecule has 0 spiro atoms. The molecule has 19 heavy (non-hydrogen) atoms. The number of aromatic nitrogens is 1. The average molecular weight is 317 g/mol. The Morgan fingerprint density at radius 2 is 2.16 bits per heavy atom. The third-order valence-electron chi connectivity index (χ3n) is 2.47. The van der Waals surface area contributed by atoms with Gasteiger partial charge in [0.2, 0.25) is 10.0 Å². The number of rotatable bonds is 5. The van der Waals surface area contributed by atoms with Crippen molar-refractivity contribution >= 4 is 37.8 Å². The molecule has 2 rings (SSSR count). The van der Waals surface area contributed by atoms with Crippen molar-refractivity contribution in [2.24, 2.45) is 5.73 Å². The third kappa shape index (κ3) is 3.33. The normalized spacial score (nSPS) is 12.0. The van der Waals surface area contributed by atoms with Gasteiger partial charge in [0.05, 0.1) is 15.8 Å². The van der Waals surface area contributed by atoms with Crippen LogP contribution in [0.4, 0.5) is 5.13 Å². The topological polar surface area (TPSA) is 85.1 Å². The van der Waals surface area contributed by atoms with E-state index in [0.717, 1.165) is 15.4 Å². The maximum atomic E-state index is 11.7. The number of nitrogens with two attached hydrogens (primary N) is 1. The lowest BCUT2D eigenvalue weighted by molar-refractivity contribution is 0.593. The number of sulfonamides is 1. The summed E-state index contributed by atoms with van der Waals surface area (Å²) in [7, 11) is -3.34. The van der Waals surface area contributed by atoms with Crippen molar-refractivity contribution in [3.8, 4) is 10.6 Å². The van der Waals surface area contributed by atoms with E-state index >= 15 is 0 Å². The van der Waals surface area contributed by atoms with Crippen molar-refractivity contribution in [3.05, 3.63) is 22.4 Å². The molecule has 0 aliphatic rings. The van der Waals surface area contributed by atoms with E-state index in [1.807, 2.05) is 17.5 Å². The van der Waals surface area contributed by atoms with Crippen LogP contribution in [0.15, 0.2) is 17.5 Å². The summed E-state index contributed by atoms with van der Waals surface area (Å²) in [4.78, 5) is 6.36. The van der Waals surface area contributed by atoms with Crippen LogP contribution >= 0.6 is 22.7 Å².